The summed E-state index contributed by atoms with van der Waals surface area (Å²) in [6.07, 6.45) is 1.05. The molecular formula is C21H22N4O5S2. The lowest BCUT2D eigenvalue weighted by Gasteiger charge is -2.29. The lowest BCUT2D eigenvalue weighted by Crippen LogP contribution is -2.45. The number of anilines is 2. The van der Waals surface area contributed by atoms with Gasteiger partial charge in [-0.3, -0.25) is 14.4 Å². The molecular weight excluding hydrogens is 452 g/mol. The molecule has 1 atom stereocenters. The second-order valence-corrected chi connectivity index (χ2v) is 10.2. The molecule has 2 heterocycles. The zero-order valence-corrected chi connectivity index (χ0v) is 19.4. The Balaban J connectivity index is 1.55. The fourth-order valence-corrected chi connectivity index (χ4v) is 5.19. The summed E-state index contributed by atoms with van der Waals surface area (Å²) in [5.41, 5.74) is 2.31. The number of carbonyl (C=O) groups is 1. The number of nitrogens with zero attached hydrogens (tertiary/aromatic N) is 3. The molecule has 0 saturated heterocycles. The van der Waals surface area contributed by atoms with Crippen molar-refractivity contribution in [2.45, 2.75) is 19.9 Å². The molecule has 0 saturated carbocycles. The molecule has 2 aromatic carbocycles. The van der Waals surface area contributed by atoms with Gasteiger partial charge in [-0.25, -0.2) is 8.42 Å². The van der Waals surface area contributed by atoms with E-state index in [1.807, 2.05) is 31.2 Å². The lowest BCUT2D eigenvalue weighted by atomic mass is 10.2. The standard InChI is InChI=1S/C21H22N4O5S2/c1-13-4-6-15(7-5-13)20-23-24-21(31-20)22-19(26)14(2)25(32(3,27)28)16-8-9-17-18(12-16)30-11-10-29-17/h4-9,12,14H,10-11H2,1-3H3,(H,22,24,26)/t14-/m0/s1. The molecule has 0 unspecified atom stereocenters. The quantitative estimate of drug-likeness (QED) is 0.584. The van der Waals surface area contributed by atoms with E-state index < -0.39 is 22.0 Å². The minimum Gasteiger partial charge on any atom is -0.486 e. The highest BCUT2D eigenvalue weighted by Crippen LogP contribution is 2.35. The van der Waals surface area contributed by atoms with Gasteiger partial charge in [-0.1, -0.05) is 41.2 Å². The number of amides is 1. The summed E-state index contributed by atoms with van der Waals surface area (Å²) >= 11 is 1.21. The van der Waals surface area contributed by atoms with Crippen LogP contribution in [0.2, 0.25) is 0 Å². The zero-order valence-electron chi connectivity index (χ0n) is 17.7. The maximum Gasteiger partial charge on any atom is 0.249 e. The van der Waals surface area contributed by atoms with Crippen LogP contribution in [0.4, 0.5) is 10.8 Å². The highest BCUT2D eigenvalue weighted by Gasteiger charge is 2.31. The van der Waals surface area contributed by atoms with Crippen molar-refractivity contribution in [2.24, 2.45) is 0 Å². The van der Waals surface area contributed by atoms with Crippen molar-refractivity contribution in [3.05, 3.63) is 48.0 Å². The first-order chi connectivity index (χ1) is 15.2. The summed E-state index contributed by atoms with van der Waals surface area (Å²) in [6, 6.07) is 11.5. The van der Waals surface area contributed by atoms with Gasteiger partial charge in [-0.15, -0.1) is 10.2 Å². The topological polar surface area (TPSA) is 111 Å². The van der Waals surface area contributed by atoms with Crippen molar-refractivity contribution >= 4 is 38.1 Å². The van der Waals surface area contributed by atoms with E-state index in [4.69, 9.17) is 9.47 Å². The Kier molecular flexibility index (Phi) is 6.02. The van der Waals surface area contributed by atoms with Crippen molar-refractivity contribution in [1.29, 1.82) is 0 Å². The first kappa shape index (κ1) is 22.0. The molecule has 0 radical (unpaired) electrons. The molecule has 1 aromatic heterocycles. The van der Waals surface area contributed by atoms with E-state index in [1.165, 1.54) is 18.3 Å². The molecule has 1 amide bonds. The van der Waals surface area contributed by atoms with Crippen LogP contribution in [0.1, 0.15) is 12.5 Å². The molecule has 0 aliphatic carbocycles. The van der Waals surface area contributed by atoms with Crippen LogP contribution >= 0.6 is 11.3 Å². The number of nitrogens with one attached hydrogen (secondary N) is 1. The molecule has 0 spiro atoms. The SMILES string of the molecule is Cc1ccc(-c2nnc(NC(=O)[C@H](C)N(c3ccc4c(c3)OCCO4)S(C)(=O)=O)s2)cc1. The van der Waals surface area contributed by atoms with Gasteiger partial charge in [0.15, 0.2) is 11.5 Å². The lowest BCUT2D eigenvalue weighted by molar-refractivity contribution is -0.116. The van der Waals surface area contributed by atoms with Crippen molar-refractivity contribution in [1.82, 2.24) is 10.2 Å². The van der Waals surface area contributed by atoms with E-state index >= 15 is 0 Å². The van der Waals surface area contributed by atoms with E-state index in [-0.39, 0.29) is 5.13 Å². The number of aryl methyl sites for hydroxylation is 1. The third-order valence-corrected chi connectivity index (χ3v) is 6.95. The average Bonchev–Trinajstić information content (AvgIpc) is 3.21. The van der Waals surface area contributed by atoms with E-state index in [0.29, 0.717) is 35.4 Å². The highest BCUT2D eigenvalue weighted by molar-refractivity contribution is 7.92. The fraction of sp³-hybridized carbons (Fsp3) is 0.286. The number of hydrogen-bond donors (Lipinski definition) is 1. The van der Waals surface area contributed by atoms with Gasteiger partial charge < -0.3 is 9.47 Å². The predicted molar refractivity (Wildman–Crippen MR) is 123 cm³/mol. The molecule has 168 valence electrons. The van der Waals surface area contributed by atoms with Crippen LogP contribution in [0.3, 0.4) is 0 Å². The average molecular weight is 475 g/mol. The minimum atomic E-state index is -3.78. The Bertz CT molecular complexity index is 1240. The summed E-state index contributed by atoms with van der Waals surface area (Å²) in [4.78, 5) is 12.9. The molecule has 1 aliphatic heterocycles. The van der Waals surface area contributed by atoms with Crippen LogP contribution in [0, 0.1) is 6.92 Å². The Morgan fingerprint density at radius 2 is 1.78 bits per heavy atom. The number of benzene rings is 2. The van der Waals surface area contributed by atoms with Gasteiger partial charge in [0.05, 0.1) is 11.9 Å². The number of fused-ring (bicyclic) bond motifs is 1. The number of hydrogen-bond acceptors (Lipinski definition) is 8. The van der Waals surface area contributed by atoms with Gasteiger partial charge in [0.1, 0.15) is 24.3 Å². The highest BCUT2D eigenvalue weighted by atomic mass is 32.2. The third kappa shape index (κ3) is 4.68. The molecule has 3 aromatic rings. The summed E-state index contributed by atoms with van der Waals surface area (Å²) in [5, 5.41) is 11.8. The largest absolute Gasteiger partial charge is 0.486 e. The van der Waals surface area contributed by atoms with Crippen LogP contribution in [-0.2, 0) is 14.8 Å². The predicted octanol–water partition coefficient (Wildman–Crippen LogP) is 3.08. The molecule has 0 fully saturated rings. The van der Waals surface area contributed by atoms with Crippen LogP contribution in [0.15, 0.2) is 42.5 Å². The van der Waals surface area contributed by atoms with Crippen molar-refractivity contribution in [3.63, 3.8) is 0 Å². The van der Waals surface area contributed by atoms with Gasteiger partial charge in [0.25, 0.3) is 0 Å². The summed E-state index contributed by atoms with van der Waals surface area (Å²) in [5.74, 6) is 0.432. The molecule has 1 aliphatic rings. The first-order valence-corrected chi connectivity index (χ1v) is 12.5. The molecule has 1 N–H and O–H groups in total. The van der Waals surface area contributed by atoms with Crippen molar-refractivity contribution in [2.75, 3.05) is 29.1 Å². The molecule has 9 nitrogen and oxygen atoms in total. The summed E-state index contributed by atoms with van der Waals surface area (Å²) in [7, 11) is -3.78. The second-order valence-electron chi connectivity index (χ2n) is 7.33. The number of aromatic nitrogens is 2. The number of carbonyl (C=O) groups excluding carboxylic acids is 1. The molecule has 0 bridgehead atoms. The van der Waals surface area contributed by atoms with Gasteiger partial charge >= 0.3 is 0 Å². The zero-order chi connectivity index (χ0) is 22.9. The van der Waals surface area contributed by atoms with Gasteiger partial charge in [0, 0.05) is 11.6 Å². The van der Waals surface area contributed by atoms with Crippen LogP contribution in [0.5, 0.6) is 11.5 Å². The summed E-state index contributed by atoms with van der Waals surface area (Å²) in [6.45, 7) is 4.29. The minimum absolute atomic E-state index is 0.285. The van der Waals surface area contributed by atoms with E-state index in [1.54, 1.807) is 18.2 Å². The van der Waals surface area contributed by atoms with Gasteiger partial charge in [0.2, 0.25) is 21.1 Å². The Morgan fingerprint density at radius 3 is 2.47 bits per heavy atom. The van der Waals surface area contributed by atoms with Crippen LogP contribution in [0.25, 0.3) is 10.6 Å². The maximum absolute atomic E-state index is 12.9. The van der Waals surface area contributed by atoms with Gasteiger partial charge in [-0.05, 0) is 26.0 Å². The van der Waals surface area contributed by atoms with E-state index in [9.17, 15) is 13.2 Å². The van der Waals surface area contributed by atoms with E-state index in [0.717, 1.165) is 21.7 Å². The molecule has 11 heteroatoms. The van der Waals surface area contributed by atoms with Crippen molar-refractivity contribution < 1.29 is 22.7 Å². The second kappa shape index (κ2) is 8.75. The molecule has 32 heavy (non-hydrogen) atoms. The Hall–Kier alpha value is -3.18. The maximum atomic E-state index is 12.9. The van der Waals surface area contributed by atoms with Crippen molar-refractivity contribution in [3.8, 4) is 22.1 Å². The Labute approximate surface area is 190 Å². The monoisotopic (exact) mass is 474 g/mol. The normalized spacial score (nSPS) is 14.0. The number of ether oxygens (including phenoxy) is 2. The third-order valence-electron chi connectivity index (χ3n) is 4.82. The number of sulfonamides is 1. The molecule has 4 rings (SSSR count). The smallest absolute Gasteiger partial charge is 0.249 e. The summed E-state index contributed by atoms with van der Waals surface area (Å²) < 4.78 is 37.2. The fourth-order valence-electron chi connectivity index (χ4n) is 3.27. The Morgan fingerprint density at radius 1 is 1.09 bits per heavy atom. The van der Waals surface area contributed by atoms with Crippen LogP contribution < -0.4 is 19.1 Å². The van der Waals surface area contributed by atoms with E-state index in [2.05, 4.69) is 15.5 Å². The van der Waals surface area contributed by atoms with Gasteiger partial charge in [-0.2, -0.15) is 0 Å². The number of rotatable bonds is 6. The first-order valence-electron chi connectivity index (χ1n) is 9.83. The van der Waals surface area contributed by atoms with Crippen LogP contribution in [-0.4, -0.2) is 50.0 Å².